The molecule has 0 saturated carbocycles. The summed E-state index contributed by atoms with van der Waals surface area (Å²) in [7, 11) is 0. The van der Waals surface area contributed by atoms with Crippen LogP contribution in [0.5, 0.6) is 0 Å². The van der Waals surface area contributed by atoms with Crippen molar-refractivity contribution < 1.29 is 9.59 Å². The maximum atomic E-state index is 11.3. The van der Waals surface area contributed by atoms with Crippen LogP contribution in [0.2, 0.25) is 0 Å². The lowest BCUT2D eigenvalue weighted by molar-refractivity contribution is -0.124. The van der Waals surface area contributed by atoms with Crippen LogP contribution in [0.25, 0.3) is 0 Å². The molecule has 0 heterocycles. The summed E-state index contributed by atoms with van der Waals surface area (Å²) in [5.74, 6) is 0.418. The number of carbonyl (C=O) groups excluding carboxylic acids is 2. The van der Waals surface area contributed by atoms with Crippen LogP contribution in [0.3, 0.4) is 0 Å². The zero-order chi connectivity index (χ0) is 14.7. The van der Waals surface area contributed by atoms with Crippen LogP contribution in [0.15, 0.2) is 0 Å². The van der Waals surface area contributed by atoms with E-state index in [1.807, 2.05) is 27.7 Å². The van der Waals surface area contributed by atoms with Gasteiger partial charge in [0.15, 0.2) is 0 Å². The van der Waals surface area contributed by atoms with Crippen molar-refractivity contribution in [2.75, 3.05) is 13.1 Å². The predicted octanol–water partition coefficient (Wildman–Crippen LogP) is 2.48. The summed E-state index contributed by atoms with van der Waals surface area (Å²) in [6, 6.07) is 0. The summed E-state index contributed by atoms with van der Waals surface area (Å²) >= 11 is 0. The topological polar surface area (TPSA) is 58.2 Å². The van der Waals surface area contributed by atoms with E-state index in [1.54, 1.807) is 0 Å². The van der Waals surface area contributed by atoms with Gasteiger partial charge in [0.2, 0.25) is 11.8 Å². The highest BCUT2D eigenvalue weighted by Crippen LogP contribution is 2.02. The van der Waals surface area contributed by atoms with E-state index in [0.29, 0.717) is 0 Å². The Morgan fingerprint density at radius 2 is 1.00 bits per heavy atom. The van der Waals surface area contributed by atoms with E-state index in [-0.39, 0.29) is 23.7 Å². The second-order valence-electron chi connectivity index (χ2n) is 5.66. The molecule has 0 aromatic heterocycles. The molecule has 112 valence electrons. The van der Waals surface area contributed by atoms with Gasteiger partial charge in [0, 0.05) is 24.9 Å². The maximum absolute atomic E-state index is 11.3. The summed E-state index contributed by atoms with van der Waals surface area (Å²) in [5.41, 5.74) is 0. The molecule has 0 spiro atoms. The second kappa shape index (κ2) is 10.8. The maximum Gasteiger partial charge on any atom is 0.222 e. The van der Waals surface area contributed by atoms with Gasteiger partial charge in [-0.05, 0) is 12.8 Å². The third-order valence-corrected chi connectivity index (χ3v) is 3.00. The Bertz CT molecular complexity index is 237. The highest BCUT2D eigenvalue weighted by molar-refractivity contribution is 5.78. The molecule has 0 bridgehead atoms. The van der Waals surface area contributed by atoms with Gasteiger partial charge in [0.05, 0.1) is 0 Å². The molecule has 0 rings (SSSR count). The Hall–Kier alpha value is -1.06. The zero-order valence-corrected chi connectivity index (χ0v) is 12.9. The number of rotatable bonds is 10. The molecule has 0 atom stereocenters. The van der Waals surface area contributed by atoms with Crippen LogP contribution in [0, 0.1) is 11.8 Å². The van der Waals surface area contributed by atoms with Crippen LogP contribution in [-0.2, 0) is 9.59 Å². The van der Waals surface area contributed by atoms with E-state index < -0.39 is 0 Å². The van der Waals surface area contributed by atoms with Gasteiger partial charge < -0.3 is 10.6 Å². The van der Waals surface area contributed by atoms with E-state index >= 15 is 0 Å². The average Bonchev–Trinajstić information content (AvgIpc) is 2.35. The van der Waals surface area contributed by atoms with Crippen molar-refractivity contribution in [3.8, 4) is 0 Å². The molecule has 0 aromatic rings. The van der Waals surface area contributed by atoms with E-state index in [0.717, 1.165) is 45.2 Å². The Morgan fingerprint density at radius 3 is 1.32 bits per heavy atom. The van der Waals surface area contributed by atoms with Crippen molar-refractivity contribution in [3.63, 3.8) is 0 Å². The number of unbranched alkanes of at least 4 members (excludes halogenated alkanes) is 4. The molecule has 0 aromatic carbocycles. The number of amides is 2. The minimum Gasteiger partial charge on any atom is -0.356 e. The van der Waals surface area contributed by atoms with Gasteiger partial charge >= 0.3 is 0 Å². The summed E-state index contributed by atoms with van der Waals surface area (Å²) < 4.78 is 0. The molecule has 4 nitrogen and oxygen atoms in total. The molecular formula is C15H30N2O2. The molecule has 0 fully saturated rings. The summed E-state index contributed by atoms with van der Waals surface area (Å²) in [6.45, 7) is 9.17. The molecule has 2 N–H and O–H groups in total. The predicted molar refractivity (Wildman–Crippen MR) is 78.8 cm³/mol. The second-order valence-corrected chi connectivity index (χ2v) is 5.66. The summed E-state index contributed by atoms with van der Waals surface area (Å²) in [6.07, 6.45) is 5.51. The molecule has 4 heteroatoms. The minimum absolute atomic E-state index is 0.0737. The molecule has 0 aliphatic rings. The Kier molecular flexibility index (Phi) is 10.2. The quantitative estimate of drug-likeness (QED) is 0.599. The molecule has 0 aliphatic carbocycles. The first kappa shape index (κ1) is 17.9. The van der Waals surface area contributed by atoms with Gasteiger partial charge in [-0.2, -0.15) is 0 Å². The SMILES string of the molecule is CC(C)C(=O)NCCCCCCCNC(=O)C(C)C. The zero-order valence-electron chi connectivity index (χ0n) is 12.9. The number of carbonyl (C=O) groups is 2. The van der Waals surface area contributed by atoms with E-state index in [1.165, 1.54) is 0 Å². The minimum atomic E-state index is 0.0737. The smallest absolute Gasteiger partial charge is 0.222 e. The Labute approximate surface area is 117 Å². The highest BCUT2D eigenvalue weighted by atomic mass is 16.2. The van der Waals surface area contributed by atoms with Crippen LogP contribution in [0.4, 0.5) is 0 Å². The lowest BCUT2D eigenvalue weighted by Gasteiger charge is -2.08. The fraction of sp³-hybridized carbons (Fsp3) is 0.867. The fourth-order valence-corrected chi connectivity index (χ4v) is 1.61. The van der Waals surface area contributed by atoms with E-state index in [2.05, 4.69) is 10.6 Å². The van der Waals surface area contributed by atoms with Gasteiger partial charge in [0.25, 0.3) is 0 Å². The highest BCUT2D eigenvalue weighted by Gasteiger charge is 2.05. The lowest BCUT2D eigenvalue weighted by Crippen LogP contribution is -2.28. The summed E-state index contributed by atoms with van der Waals surface area (Å²) in [4.78, 5) is 22.6. The largest absolute Gasteiger partial charge is 0.356 e. The normalized spacial score (nSPS) is 10.8. The van der Waals surface area contributed by atoms with Crippen molar-refractivity contribution in [1.29, 1.82) is 0 Å². The molecular weight excluding hydrogens is 240 g/mol. The first-order valence-electron chi connectivity index (χ1n) is 7.50. The molecule has 0 aliphatic heterocycles. The van der Waals surface area contributed by atoms with Crippen LogP contribution < -0.4 is 10.6 Å². The number of nitrogens with one attached hydrogen (secondary N) is 2. The van der Waals surface area contributed by atoms with Crippen molar-refractivity contribution in [3.05, 3.63) is 0 Å². The van der Waals surface area contributed by atoms with E-state index in [9.17, 15) is 9.59 Å². The first-order valence-corrected chi connectivity index (χ1v) is 7.50. The van der Waals surface area contributed by atoms with Gasteiger partial charge in [-0.1, -0.05) is 47.0 Å². The van der Waals surface area contributed by atoms with Crippen molar-refractivity contribution in [2.24, 2.45) is 11.8 Å². The van der Waals surface area contributed by atoms with Gasteiger partial charge in [0.1, 0.15) is 0 Å². The van der Waals surface area contributed by atoms with Crippen LogP contribution in [0.1, 0.15) is 59.8 Å². The monoisotopic (exact) mass is 270 g/mol. The van der Waals surface area contributed by atoms with Crippen molar-refractivity contribution >= 4 is 11.8 Å². The fourth-order valence-electron chi connectivity index (χ4n) is 1.61. The van der Waals surface area contributed by atoms with Crippen LogP contribution in [-0.4, -0.2) is 24.9 Å². The van der Waals surface area contributed by atoms with Crippen molar-refractivity contribution in [1.82, 2.24) is 10.6 Å². The first-order chi connectivity index (χ1) is 8.95. The van der Waals surface area contributed by atoms with Gasteiger partial charge in [-0.25, -0.2) is 0 Å². The molecule has 19 heavy (non-hydrogen) atoms. The van der Waals surface area contributed by atoms with Crippen molar-refractivity contribution in [2.45, 2.75) is 59.8 Å². The Morgan fingerprint density at radius 1 is 0.684 bits per heavy atom. The van der Waals surface area contributed by atoms with Gasteiger partial charge in [-0.15, -0.1) is 0 Å². The number of hydrogen-bond acceptors (Lipinski definition) is 2. The third-order valence-electron chi connectivity index (χ3n) is 3.00. The van der Waals surface area contributed by atoms with Crippen LogP contribution >= 0.6 is 0 Å². The van der Waals surface area contributed by atoms with Gasteiger partial charge in [-0.3, -0.25) is 9.59 Å². The Balaban J connectivity index is 3.24. The lowest BCUT2D eigenvalue weighted by atomic mass is 10.1. The standard InChI is InChI=1S/C15H30N2O2/c1-12(2)14(18)16-10-8-6-5-7-9-11-17-15(19)13(3)4/h12-13H,5-11H2,1-4H3,(H,16,18)(H,17,19). The molecule has 0 saturated heterocycles. The van der Waals surface area contributed by atoms with E-state index in [4.69, 9.17) is 0 Å². The number of hydrogen-bond donors (Lipinski definition) is 2. The third kappa shape index (κ3) is 10.5. The molecule has 0 unspecified atom stereocenters. The molecule has 2 amide bonds. The average molecular weight is 270 g/mol. The molecule has 0 radical (unpaired) electrons. The summed E-state index contributed by atoms with van der Waals surface area (Å²) in [5, 5.41) is 5.83.